The normalized spacial score (nSPS) is 18.0. The molecular formula is C21H17N3O4. The van der Waals surface area contributed by atoms with Crippen LogP contribution < -0.4 is 5.43 Å². The van der Waals surface area contributed by atoms with Crippen molar-refractivity contribution in [3.63, 3.8) is 0 Å². The zero-order valence-corrected chi connectivity index (χ0v) is 14.8. The maximum atomic E-state index is 13.0. The zero-order valence-electron chi connectivity index (χ0n) is 14.8. The Kier molecular flexibility index (Phi) is 4.29. The largest absolute Gasteiger partial charge is 0.365 e. The number of hydrazine groups is 1. The minimum atomic E-state index is -1.60. The average Bonchev–Trinajstić information content (AvgIpc) is 2.91. The summed E-state index contributed by atoms with van der Waals surface area (Å²) in [5.41, 5.74) is 3.52. The molecule has 4 rings (SSSR count). The van der Waals surface area contributed by atoms with Crippen LogP contribution in [0.25, 0.3) is 0 Å². The van der Waals surface area contributed by atoms with Crippen molar-refractivity contribution in [2.24, 2.45) is 0 Å². The monoisotopic (exact) mass is 375 g/mol. The minimum absolute atomic E-state index is 0.0545. The number of benzene rings is 3. The van der Waals surface area contributed by atoms with Gasteiger partial charge in [-0.2, -0.15) is 0 Å². The van der Waals surface area contributed by atoms with E-state index in [2.05, 4.69) is 5.43 Å². The first-order valence-electron chi connectivity index (χ1n) is 8.70. The fourth-order valence-electron chi connectivity index (χ4n) is 3.41. The van der Waals surface area contributed by atoms with Gasteiger partial charge in [-0.25, -0.2) is 5.01 Å². The minimum Gasteiger partial charge on any atom is -0.365 e. The Bertz CT molecular complexity index is 1040. The Hall–Kier alpha value is -3.71. The second-order valence-corrected chi connectivity index (χ2v) is 6.58. The summed E-state index contributed by atoms with van der Waals surface area (Å²) in [5, 5.41) is 23.6. The summed E-state index contributed by atoms with van der Waals surface area (Å²) >= 11 is 0. The first-order chi connectivity index (χ1) is 13.5. The van der Waals surface area contributed by atoms with Gasteiger partial charge in [0.05, 0.1) is 10.6 Å². The molecule has 140 valence electrons. The number of nitrogens with one attached hydrogen (secondary N) is 1. The fourth-order valence-corrected chi connectivity index (χ4v) is 3.41. The lowest BCUT2D eigenvalue weighted by molar-refractivity contribution is -0.384. The van der Waals surface area contributed by atoms with Crippen LogP contribution in [0.4, 0.5) is 11.4 Å². The molecule has 0 aliphatic carbocycles. The highest BCUT2D eigenvalue weighted by Gasteiger charge is 2.49. The van der Waals surface area contributed by atoms with Crippen LogP contribution in [0.3, 0.4) is 0 Å². The van der Waals surface area contributed by atoms with E-state index in [1.807, 2.05) is 30.3 Å². The van der Waals surface area contributed by atoms with Crippen LogP contribution in [-0.2, 0) is 12.1 Å². The van der Waals surface area contributed by atoms with Gasteiger partial charge in [0.25, 0.3) is 11.6 Å². The molecule has 1 aliphatic rings. The van der Waals surface area contributed by atoms with Gasteiger partial charge in [0.2, 0.25) is 0 Å². The van der Waals surface area contributed by atoms with Gasteiger partial charge < -0.3 is 5.11 Å². The number of anilines is 1. The zero-order chi connectivity index (χ0) is 19.7. The number of carbonyl (C=O) groups is 1. The maximum absolute atomic E-state index is 13.0. The number of hydrogen-bond acceptors (Lipinski definition) is 5. The smallest absolute Gasteiger partial charge is 0.275 e. The van der Waals surface area contributed by atoms with E-state index < -0.39 is 10.6 Å². The highest BCUT2D eigenvalue weighted by Crippen LogP contribution is 2.39. The lowest BCUT2D eigenvalue weighted by Crippen LogP contribution is -2.48. The third-order valence-corrected chi connectivity index (χ3v) is 4.77. The van der Waals surface area contributed by atoms with Crippen LogP contribution in [0.15, 0.2) is 78.9 Å². The average molecular weight is 375 g/mol. The molecule has 1 amide bonds. The van der Waals surface area contributed by atoms with Crippen LogP contribution in [-0.4, -0.2) is 20.9 Å². The van der Waals surface area contributed by atoms with Gasteiger partial charge in [0, 0.05) is 29.7 Å². The molecule has 1 aliphatic heterocycles. The molecule has 1 atom stereocenters. The Morgan fingerprint density at radius 2 is 1.61 bits per heavy atom. The van der Waals surface area contributed by atoms with E-state index in [4.69, 9.17) is 0 Å². The third kappa shape index (κ3) is 2.97. The summed E-state index contributed by atoms with van der Waals surface area (Å²) in [6.45, 7) is 0. The molecule has 0 spiro atoms. The van der Waals surface area contributed by atoms with E-state index in [9.17, 15) is 20.0 Å². The number of amides is 1. The number of rotatable bonds is 5. The van der Waals surface area contributed by atoms with Crippen LogP contribution in [0.5, 0.6) is 0 Å². The van der Waals surface area contributed by atoms with Gasteiger partial charge in [0.15, 0.2) is 5.72 Å². The highest BCUT2D eigenvalue weighted by molar-refractivity contribution is 6.00. The Morgan fingerprint density at radius 1 is 0.964 bits per heavy atom. The summed E-state index contributed by atoms with van der Waals surface area (Å²) in [5.74, 6) is -0.368. The molecule has 1 heterocycles. The number of nitrogens with zero attached hydrogens (tertiary/aromatic N) is 2. The van der Waals surface area contributed by atoms with Gasteiger partial charge in [0.1, 0.15) is 0 Å². The topological polar surface area (TPSA) is 95.7 Å². The van der Waals surface area contributed by atoms with Crippen molar-refractivity contribution in [2.75, 3.05) is 5.43 Å². The van der Waals surface area contributed by atoms with Crippen molar-refractivity contribution in [3.05, 3.63) is 106 Å². The van der Waals surface area contributed by atoms with Crippen molar-refractivity contribution in [1.82, 2.24) is 5.01 Å². The van der Waals surface area contributed by atoms with Gasteiger partial charge >= 0.3 is 0 Å². The van der Waals surface area contributed by atoms with Gasteiger partial charge in [-0.15, -0.1) is 0 Å². The highest BCUT2D eigenvalue weighted by atomic mass is 16.6. The summed E-state index contributed by atoms with van der Waals surface area (Å²) in [6.07, 6.45) is 0.191. The first-order valence-corrected chi connectivity index (χ1v) is 8.70. The van der Waals surface area contributed by atoms with Crippen LogP contribution in [0, 0.1) is 10.1 Å². The van der Waals surface area contributed by atoms with Crippen molar-refractivity contribution < 1.29 is 14.8 Å². The molecule has 0 fully saturated rings. The van der Waals surface area contributed by atoms with Crippen LogP contribution in [0.2, 0.25) is 0 Å². The molecule has 0 saturated carbocycles. The Balaban J connectivity index is 1.71. The number of carbonyl (C=O) groups excluding carboxylic acids is 1. The SMILES string of the molecule is O=C1c2ccccc2[C@](O)(Cc2ccccc2)N1Nc1ccc([N+](=O)[O-])cc1. The van der Waals surface area contributed by atoms with Gasteiger partial charge in [-0.3, -0.25) is 20.3 Å². The summed E-state index contributed by atoms with van der Waals surface area (Å²) in [6, 6.07) is 22.0. The number of nitro groups is 1. The maximum Gasteiger partial charge on any atom is 0.275 e. The quantitative estimate of drug-likeness (QED) is 0.526. The molecule has 0 bridgehead atoms. The number of non-ortho nitro benzene ring substituents is 1. The van der Waals surface area contributed by atoms with Crippen LogP contribution in [0.1, 0.15) is 21.5 Å². The molecule has 0 saturated heterocycles. The van der Waals surface area contributed by atoms with E-state index in [1.54, 1.807) is 24.3 Å². The number of nitro benzene ring substituents is 1. The van der Waals surface area contributed by atoms with E-state index >= 15 is 0 Å². The van der Waals surface area contributed by atoms with Crippen molar-refractivity contribution in [1.29, 1.82) is 0 Å². The number of fused-ring (bicyclic) bond motifs is 1. The number of hydrogen-bond donors (Lipinski definition) is 2. The number of aliphatic hydroxyl groups is 1. The van der Waals surface area contributed by atoms with Crippen molar-refractivity contribution >= 4 is 17.3 Å². The van der Waals surface area contributed by atoms with Crippen molar-refractivity contribution in [2.45, 2.75) is 12.1 Å². The van der Waals surface area contributed by atoms with E-state index in [0.29, 0.717) is 16.8 Å². The third-order valence-electron chi connectivity index (χ3n) is 4.77. The lowest BCUT2D eigenvalue weighted by atomic mass is 9.95. The summed E-state index contributed by atoms with van der Waals surface area (Å²) < 4.78 is 0. The Labute approximate surface area is 161 Å². The molecule has 0 aromatic heterocycles. The molecule has 2 N–H and O–H groups in total. The molecule has 7 heteroatoms. The summed E-state index contributed by atoms with van der Waals surface area (Å²) in [4.78, 5) is 23.3. The predicted molar refractivity (Wildman–Crippen MR) is 103 cm³/mol. The second kappa shape index (κ2) is 6.79. The predicted octanol–water partition coefficient (Wildman–Crippen LogP) is 3.47. The molecule has 28 heavy (non-hydrogen) atoms. The standard InChI is InChI=1S/C21H17N3O4/c25-20-18-8-4-5-9-19(18)21(26,14-15-6-2-1-3-7-15)23(20)22-16-10-12-17(13-11-16)24(27)28/h1-13,22,26H,14H2/t21-/m1/s1. The van der Waals surface area contributed by atoms with Gasteiger partial charge in [-0.05, 0) is 23.8 Å². The fraction of sp³-hybridized carbons (Fsp3) is 0.0952. The summed E-state index contributed by atoms with van der Waals surface area (Å²) in [7, 11) is 0. The first kappa shape index (κ1) is 17.7. The van der Waals surface area contributed by atoms with E-state index in [-0.39, 0.29) is 18.0 Å². The van der Waals surface area contributed by atoms with Gasteiger partial charge in [-0.1, -0.05) is 48.5 Å². The molecule has 0 unspecified atom stereocenters. The Morgan fingerprint density at radius 3 is 2.29 bits per heavy atom. The van der Waals surface area contributed by atoms with E-state index in [1.165, 1.54) is 29.3 Å². The lowest BCUT2D eigenvalue weighted by Gasteiger charge is -2.35. The van der Waals surface area contributed by atoms with Crippen molar-refractivity contribution in [3.8, 4) is 0 Å². The second-order valence-electron chi connectivity index (χ2n) is 6.58. The molecule has 7 nitrogen and oxygen atoms in total. The van der Waals surface area contributed by atoms with Crippen LogP contribution >= 0.6 is 0 Å². The molecule has 3 aromatic rings. The molecular weight excluding hydrogens is 358 g/mol. The molecule has 3 aromatic carbocycles. The van der Waals surface area contributed by atoms with E-state index in [0.717, 1.165) is 5.56 Å². The molecule has 0 radical (unpaired) electrons.